The SMILES string of the molecule is CC(C)(C)OC(=O)NCCOc1nccc2ccoc12. The Morgan fingerprint density at radius 3 is 2.95 bits per heavy atom. The van der Waals surface area contributed by atoms with Crippen molar-refractivity contribution >= 4 is 17.1 Å². The van der Waals surface area contributed by atoms with Crippen LogP contribution in [0.1, 0.15) is 20.8 Å². The van der Waals surface area contributed by atoms with Crippen molar-refractivity contribution in [1.29, 1.82) is 0 Å². The van der Waals surface area contributed by atoms with Crippen molar-refractivity contribution in [3.63, 3.8) is 0 Å². The van der Waals surface area contributed by atoms with Crippen LogP contribution in [-0.2, 0) is 4.74 Å². The van der Waals surface area contributed by atoms with Gasteiger partial charge in [0.25, 0.3) is 5.88 Å². The monoisotopic (exact) mass is 278 g/mol. The molecule has 20 heavy (non-hydrogen) atoms. The fraction of sp³-hybridized carbons (Fsp3) is 0.429. The van der Waals surface area contributed by atoms with E-state index in [4.69, 9.17) is 13.9 Å². The Labute approximate surface area is 117 Å². The smallest absolute Gasteiger partial charge is 0.407 e. The quantitative estimate of drug-likeness (QED) is 0.870. The van der Waals surface area contributed by atoms with Gasteiger partial charge in [-0.25, -0.2) is 9.78 Å². The first-order valence-corrected chi connectivity index (χ1v) is 6.37. The van der Waals surface area contributed by atoms with E-state index in [1.54, 1.807) is 12.5 Å². The molecule has 0 spiro atoms. The molecule has 6 heteroatoms. The molecule has 0 unspecified atom stereocenters. The average Bonchev–Trinajstić information content (AvgIpc) is 2.81. The molecule has 2 aromatic rings. The second-order valence-electron chi connectivity index (χ2n) is 5.23. The van der Waals surface area contributed by atoms with Crippen LogP contribution in [0, 0.1) is 0 Å². The van der Waals surface area contributed by atoms with Crippen molar-refractivity contribution in [2.45, 2.75) is 26.4 Å². The summed E-state index contributed by atoms with van der Waals surface area (Å²) in [6.07, 6.45) is 2.76. The number of aromatic nitrogens is 1. The standard InChI is InChI=1S/C14H18N2O4/c1-14(2,3)20-13(17)16-7-9-19-12-11-10(4-6-15-12)5-8-18-11/h4-6,8H,7,9H2,1-3H3,(H,16,17). The second-order valence-corrected chi connectivity index (χ2v) is 5.23. The summed E-state index contributed by atoms with van der Waals surface area (Å²) in [5.41, 5.74) is 0.0940. The Hall–Kier alpha value is -2.24. The minimum atomic E-state index is -0.508. The lowest BCUT2D eigenvalue weighted by atomic mass is 10.2. The Balaban J connectivity index is 1.79. The number of ether oxygens (including phenoxy) is 2. The van der Waals surface area contributed by atoms with Gasteiger partial charge < -0.3 is 19.2 Å². The highest BCUT2D eigenvalue weighted by Crippen LogP contribution is 2.23. The van der Waals surface area contributed by atoms with Gasteiger partial charge in [-0.05, 0) is 32.9 Å². The lowest BCUT2D eigenvalue weighted by Gasteiger charge is -2.19. The highest BCUT2D eigenvalue weighted by Gasteiger charge is 2.15. The molecule has 1 N–H and O–H groups in total. The first-order valence-electron chi connectivity index (χ1n) is 6.37. The molecule has 0 radical (unpaired) electrons. The van der Waals surface area contributed by atoms with Gasteiger partial charge in [0.15, 0.2) is 5.58 Å². The minimum absolute atomic E-state index is 0.284. The molecule has 6 nitrogen and oxygen atoms in total. The highest BCUT2D eigenvalue weighted by atomic mass is 16.6. The topological polar surface area (TPSA) is 73.6 Å². The van der Waals surface area contributed by atoms with E-state index in [9.17, 15) is 4.79 Å². The van der Waals surface area contributed by atoms with E-state index in [1.165, 1.54) is 0 Å². The van der Waals surface area contributed by atoms with Crippen LogP contribution in [0.25, 0.3) is 11.0 Å². The summed E-state index contributed by atoms with van der Waals surface area (Å²) in [7, 11) is 0. The first kappa shape index (κ1) is 14.2. The molecule has 0 bridgehead atoms. The maximum absolute atomic E-state index is 11.4. The van der Waals surface area contributed by atoms with Crippen LogP contribution < -0.4 is 10.1 Å². The van der Waals surface area contributed by atoms with E-state index < -0.39 is 11.7 Å². The predicted molar refractivity (Wildman–Crippen MR) is 73.7 cm³/mol. The van der Waals surface area contributed by atoms with Gasteiger partial charge >= 0.3 is 6.09 Å². The maximum Gasteiger partial charge on any atom is 0.407 e. The highest BCUT2D eigenvalue weighted by molar-refractivity contribution is 5.80. The number of nitrogens with zero attached hydrogens (tertiary/aromatic N) is 1. The third-order valence-electron chi connectivity index (χ3n) is 2.34. The number of carbonyl (C=O) groups excluding carboxylic acids is 1. The number of alkyl carbamates (subject to hydrolysis) is 1. The fourth-order valence-electron chi connectivity index (χ4n) is 1.59. The average molecular weight is 278 g/mol. The van der Waals surface area contributed by atoms with Gasteiger partial charge in [-0.3, -0.25) is 0 Å². The van der Waals surface area contributed by atoms with Crippen LogP contribution in [0.5, 0.6) is 5.88 Å². The molecule has 0 aliphatic rings. The Morgan fingerprint density at radius 1 is 1.40 bits per heavy atom. The molecule has 108 valence electrons. The number of hydrogen-bond donors (Lipinski definition) is 1. The number of hydrogen-bond acceptors (Lipinski definition) is 5. The van der Waals surface area contributed by atoms with Gasteiger partial charge in [0.1, 0.15) is 12.2 Å². The van der Waals surface area contributed by atoms with Crippen molar-refractivity contribution in [3.8, 4) is 5.88 Å². The maximum atomic E-state index is 11.4. The first-order chi connectivity index (χ1) is 9.46. The van der Waals surface area contributed by atoms with E-state index in [2.05, 4.69) is 10.3 Å². The molecule has 0 aliphatic heterocycles. The summed E-state index contributed by atoms with van der Waals surface area (Å²) in [5.74, 6) is 0.415. The zero-order chi connectivity index (χ0) is 14.6. The molecule has 0 fully saturated rings. The molecule has 0 aliphatic carbocycles. The molecule has 0 atom stereocenters. The van der Waals surface area contributed by atoms with Gasteiger partial charge in [-0.1, -0.05) is 0 Å². The molecular formula is C14H18N2O4. The van der Waals surface area contributed by atoms with E-state index in [0.29, 0.717) is 18.0 Å². The Morgan fingerprint density at radius 2 is 2.20 bits per heavy atom. The van der Waals surface area contributed by atoms with Gasteiger partial charge in [0.2, 0.25) is 0 Å². The van der Waals surface area contributed by atoms with Gasteiger partial charge in [0.05, 0.1) is 12.8 Å². The molecule has 2 aromatic heterocycles. The van der Waals surface area contributed by atoms with Crippen molar-refractivity contribution in [1.82, 2.24) is 10.3 Å². The van der Waals surface area contributed by atoms with Crippen molar-refractivity contribution in [2.24, 2.45) is 0 Å². The normalized spacial score (nSPS) is 11.3. The van der Waals surface area contributed by atoms with Crippen LogP contribution in [0.3, 0.4) is 0 Å². The van der Waals surface area contributed by atoms with Crippen LogP contribution in [0.2, 0.25) is 0 Å². The molecule has 0 aromatic carbocycles. The molecule has 2 rings (SSSR count). The zero-order valence-electron chi connectivity index (χ0n) is 11.8. The number of rotatable bonds is 4. The molecule has 2 heterocycles. The number of pyridine rings is 1. The van der Waals surface area contributed by atoms with Gasteiger partial charge in [-0.2, -0.15) is 0 Å². The molecule has 0 saturated carbocycles. The van der Waals surface area contributed by atoms with Crippen molar-refractivity contribution in [2.75, 3.05) is 13.2 Å². The predicted octanol–water partition coefficient (Wildman–Crippen LogP) is 2.73. The number of fused-ring (bicyclic) bond motifs is 1. The molecule has 1 amide bonds. The fourth-order valence-corrected chi connectivity index (χ4v) is 1.59. The van der Waals surface area contributed by atoms with Crippen LogP contribution in [0.4, 0.5) is 4.79 Å². The van der Waals surface area contributed by atoms with E-state index in [-0.39, 0.29) is 6.61 Å². The minimum Gasteiger partial charge on any atom is -0.473 e. The lowest BCUT2D eigenvalue weighted by Crippen LogP contribution is -2.34. The molecule has 0 saturated heterocycles. The summed E-state index contributed by atoms with van der Waals surface area (Å²) in [5, 5.41) is 3.53. The van der Waals surface area contributed by atoms with E-state index in [1.807, 2.05) is 32.9 Å². The zero-order valence-corrected chi connectivity index (χ0v) is 11.8. The number of carbonyl (C=O) groups is 1. The summed E-state index contributed by atoms with van der Waals surface area (Å²) >= 11 is 0. The third kappa shape index (κ3) is 3.88. The summed E-state index contributed by atoms with van der Waals surface area (Å²) in [6.45, 7) is 6.04. The summed E-state index contributed by atoms with van der Waals surface area (Å²) in [4.78, 5) is 15.5. The van der Waals surface area contributed by atoms with Crippen molar-refractivity contribution in [3.05, 3.63) is 24.6 Å². The third-order valence-corrected chi connectivity index (χ3v) is 2.34. The van der Waals surface area contributed by atoms with Crippen LogP contribution in [0.15, 0.2) is 29.0 Å². The number of furan rings is 1. The van der Waals surface area contributed by atoms with Gasteiger partial charge in [-0.15, -0.1) is 0 Å². The number of nitrogens with one attached hydrogen (secondary N) is 1. The van der Waals surface area contributed by atoms with Crippen LogP contribution in [-0.4, -0.2) is 29.8 Å². The largest absolute Gasteiger partial charge is 0.473 e. The molecular weight excluding hydrogens is 260 g/mol. The Kier molecular flexibility index (Phi) is 4.12. The van der Waals surface area contributed by atoms with Crippen LogP contribution >= 0.6 is 0 Å². The van der Waals surface area contributed by atoms with Crippen molar-refractivity contribution < 1.29 is 18.7 Å². The van der Waals surface area contributed by atoms with Gasteiger partial charge in [0, 0.05) is 11.6 Å². The Bertz CT molecular complexity index is 586. The second kappa shape index (κ2) is 5.81. The van der Waals surface area contributed by atoms with E-state index in [0.717, 1.165) is 5.39 Å². The number of amides is 1. The van der Waals surface area contributed by atoms with E-state index >= 15 is 0 Å². The summed E-state index contributed by atoms with van der Waals surface area (Å²) < 4.78 is 15.9. The summed E-state index contributed by atoms with van der Waals surface area (Å²) in [6, 6.07) is 3.67. The lowest BCUT2D eigenvalue weighted by molar-refractivity contribution is 0.0520.